The summed E-state index contributed by atoms with van der Waals surface area (Å²) in [4.78, 5) is 5.55. The van der Waals surface area contributed by atoms with Gasteiger partial charge >= 0.3 is 6.18 Å². The van der Waals surface area contributed by atoms with Gasteiger partial charge in [-0.15, -0.1) is 11.3 Å². The smallest absolute Gasteiger partial charge is 0.245 e. The van der Waals surface area contributed by atoms with E-state index in [2.05, 4.69) is 65.6 Å². The third kappa shape index (κ3) is 4.42. The second-order valence-electron chi connectivity index (χ2n) is 10.1. The van der Waals surface area contributed by atoms with Crippen LogP contribution in [0.2, 0.25) is 0 Å². The highest BCUT2D eigenvalue weighted by molar-refractivity contribution is 7.25. The molecule has 7 rings (SSSR count). The van der Waals surface area contributed by atoms with E-state index in [1.807, 2.05) is 36.5 Å². The molecule has 0 atom stereocenters. The Morgan fingerprint density at radius 2 is 1.18 bits per heavy atom. The Kier molecular flexibility index (Phi) is 5.72. The van der Waals surface area contributed by atoms with Gasteiger partial charge in [-0.3, -0.25) is 0 Å². The molecule has 0 N–H and O–H groups in total. The standard InChI is InChI=1S/C35H22F3NS/c1-21-15-29(19-30(16-21)35(36,37)38)27-11-10-25-17-24(8-9-26(25)18-27)22-4-6-23(7-5-22)28-12-13-33-32(20-28)31-3-2-14-39-34(31)40-33/h2-20H,1H3. The van der Waals surface area contributed by atoms with Crippen molar-refractivity contribution in [3.05, 3.63) is 127 Å². The molecular formula is C35H22F3NS. The zero-order valence-corrected chi connectivity index (χ0v) is 22.3. The van der Waals surface area contributed by atoms with Gasteiger partial charge in [-0.1, -0.05) is 60.7 Å². The molecule has 0 spiro atoms. The third-order valence-electron chi connectivity index (χ3n) is 7.38. The fraction of sp³-hybridized carbons (Fsp3) is 0.0571. The number of halogens is 3. The molecule has 0 fully saturated rings. The van der Waals surface area contributed by atoms with Gasteiger partial charge in [-0.2, -0.15) is 13.2 Å². The predicted molar refractivity (Wildman–Crippen MR) is 161 cm³/mol. The average Bonchev–Trinajstić information content (AvgIpc) is 3.34. The number of rotatable bonds is 3. The number of alkyl halides is 3. The number of hydrogen-bond donors (Lipinski definition) is 0. The molecule has 0 amide bonds. The molecule has 5 heteroatoms. The van der Waals surface area contributed by atoms with Crippen LogP contribution in [0, 0.1) is 6.92 Å². The quantitative estimate of drug-likeness (QED) is 0.215. The van der Waals surface area contributed by atoms with Crippen LogP contribution in [0.25, 0.3) is 64.5 Å². The maximum absolute atomic E-state index is 13.3. The maximum atomic E-state index is 13.3. The molecule has 0 saturated heterocycles. The van der Waals surface area contributed by atoms with Gasteiger partial charge in [0.15, 0.2) is 0 Å². The lowest BCUT2D eigenvalue weighted by atomic mass is 9.95. The first-order valence-corrected chi connectivity index (χ1v) is 13.7. The van der Waals surface area contributed by atoms with Gasteiger partial charge in [0, 0.05) is 21.7 Å². The largest absolute Gasteiger partial charge is 0.416 e. The van der Waals surface area contributed by atoms with Gasteiger partial charge in [0.2, 0.25) is 0 Å². The van der Waals surface area contributed by atoms with Crippen molar-refractivity contribution < 1.29 is 13.2 Å². The minimum Gasteiger partial charge on any atom is -0.245 e. The Labute approximate surface area is 233 Å². The Hall–Kier alpha value is -4.48. The average molecular weight is 546 g/mol. The molecule has 2 heterocycles. The van der Waals surface area contributed by atoms with Gasteiger partial charge in [-0.25, -0.2) is 4.98 Å². The summed E-state index contributed by atoms with van der Waals surface area (Å²) in [6.07, 6.45) is -2.54. The van der Waals surface area contributed by atoms with E-state index >= 15 is 0 Å². The molecule has 0 aliphatic heterocycles. The first-order valence-electron chi connectivity index (χ1n) is 12.9. The van der Waals surface area contributed by atoms with E-state index in [0.29, 0.717) is 11.1 Å². The number of thiophene rings is 1. The third-order valence-corrected chi connectivity index (χ3v) is 8.47. The summed E-state index contributed by atoms with van der Waals surface area (Å²) in [5, 5.41) is 4.43. The number of pyridine rings is 1. The van der Waals surface area contributed by atoms with Crippen LogP contribution in [0.1, 0.15) is 11.1 Å². The summed E-state index contributed by atoms with van der Waals surface area (Å²) >= 11 is 1.71. The molecule has 40 heavy (non-hydrogen) atoms. The second kappa shape index (κ2) is 9.32. The number of hydrogen-bond acceptors (Lipinski definition) is 2. The van der Waals surface area contributed by atoms with E-state index in [4.69, 9.17) is 0 Å². The zero-order valence-electron chi connectivity index (χ0n) is 21.5. The minimum atomic E-state index is -4.37. The highest BCUT2D eigenvalue weighted by atomic mass is 32.1. The van der Waals surface area contributed by atoms with Gasteiger partial charge < -0.3 is 0 Å². The van der Waals surface area contributed by atoms with Crippen LogP contribution in [0.15, 0.2) is 115 Å². The van der Waals surface area contributed by atoms with E-state index in [0.717, 1.165) is 37.9 Å². The highest BCUT2D eigenvalue weighted by Gasteiger charge is 2.31. The highest BCUT2D eigenvalue weighted by Crippen LogP contribution is 2.37. The maximum Gasteiger partial charge on any atom is 0.416 e. The molecule has 2 aromatic heterocycles. The van der Waals surface area contributed by atoms with Crippen LogP contribution in [-0.2, 0) is 6.18 Å². The van der Waals surface area contributed by atoms with E-state index in [1.165, 1.54) is 33.2 Å². The number of fused-ring (bicyclic) bond motifs is 4. The fourth-order valence-corrected chi connectivity index (χ4v) is 6.39. The van der Waals surface area contributed by atoms with Crippen molar-refractivity contribution in [2.45, 2.75) is 13.1 Å². The second-order valence-corrected chi connectivity index (χ2v) is 11.1. The topological polar surface area (TPSA) is 12.9 Å². The fourth-order valence-electron chi connectivity index (χ4n) is 5.36. The summed E-state index contributed by atoms with van der Waals surface area (Å²) in [5.74, 6) is 0. The van der Waals surface area contributed by atoms with Crippen molar-refractivity contribution in [3.8, 4) is 33.4 Å². The first kappa shape index (κ1) is 24.6. The van der Waals surface area contributed by atoms with Crippen molar-refractivity contribution in [1.29, 1.82) is 0 Å². The normalized spacial score (nSPS) is 12.0. The molecule has 1 nitrogen and oxygen atoms in total. The summed E-state index contributed by atoms with van der Waals surface area (Å²) < 4.78 is 41.3. The van der Waals surface area contributed by atoms with Crippen molar-refractivity contribution in [1.82, 2.24) is 4.98 Å². The van der Waals surface area contributed by atoms with Crippen LogP contribution in [0.4, 0.5) is 13.2 Å². The molecule has 194 valence electrons. The van der Waals surface area contributed by atoms with Crippen LogP contribution in [-0.4, -0.2) is 4.98 Å². The van der Waals surface area contributed by atoms with Gasteiger partial charge in [0.05, 0.1) is 5.56 Å². The lowest BCUT2D eigenvalue weighted by Crippen LogP contribution is -2.05. The van der Waals surface area contributed by atoms with Crippen LogP contribution in [0.5, 0.6) is 0 Å². The Balaban J connectivity index is 1.19. The van der Waals surface area contributed by atoms with Gasteiger partial charge in [-0.05, 0) is 105 Å². The summed E-state index contributed by atoms with van der Waals surface area (Å²) in [6, 6.07) is 35.5. The van der Waals surface area contributed by atoms with Crippen molar-refractivity contribution in [3.63, 3.8) is 0 Å². The van der Waals surface area contributed by atoms with E-state index in [1.54, 1.807) is 24.3 Å². The molecular weight excluding hydrogens is 523 g/mol. The summed E-state index contributed by atoms with van der Waals surface area (Å²) in [5.41, 5.74) is 5.81. The molecule has 0 radical (unpaired) electrons. The molecule has 7 aromatic rings. The van der Waals surface area contributed by atoms with Crippen LogP contribution >= 0.6 is 11.3 Å². The summed E-state index contributed by atoms with van der Waals surface area (Å²) in [6.45, 7) is 1.69. The first-order chi connectivity index (χ1) is 19.3. The predicted octanol–water partition coefficient (Wildman–Crippen LogP) is 10.9. The van der Waals surface area contributed by atoms with E-state index < -0.39 is 11.7 Å². The zero-order chi connectivity index (χ0) is 27.4. The molecule has 0 aliphatic rings. The number of nitrogens with zero attached hydrogens (tertiary/aromatic N) is 1. The van der Waals surface area contributed by atoms with Gasteiger partial charge in [0.25, 0.3) is 0 Å². The lowest BCUT2D eigenvalue weighted by Gasteiger charge is -2.12. The molecule has 0 aliphatic carbocycles. The summed E-state index contributed by atoms with van der Waals surface area (Å²) in [7, 11) is 0. The molecule has 5 aromatic carbocycles. The Bertz CT molecular complexity index is 2050. The minimum absolute atomic E-state index is 0.568. The Morgan fingerprint density at radius 3 is 1.85 bits per heavy atom. The van der Waals surface area contributed by atoms with Crippen molar-refractivity contribution >= 4 is 42.4 Å². The number of aromatic nitrogens is 1. The van der Waals surface area contributed by atoms with Crippen molar-refractivity contribution in [2.24, 2.45) is 0 Å². The van der Waals surface area contributed by atoms with Gasteiger partial charge in [0.1, 0.15) is 4.83 Å². The van der Waals surface area contributed by atoms with E-state index in [-0.39, 0.29) is 0 Å². The Morgan fingerprint density at radius 1 is 0.575 bits per heavy atom. The number of aryl methyl sites for hydroxylation is 1. The van der Waals surface area contributed by atoms with E-state index in [9.17, 15) is 13.2 Å². The monoisotopic (exact) mass is 545 g/mol. The molecule has 0 saturated carbocycles. The number of benzene rings is 5. The molecule has 0 bridgehead atoms. The van der Waals surface area contributed by atoms with Crippen LogP contribution < -0.4 is 0 Å². The molecule has 0 unspecified atom stereocenters. The lowest BCUT2D eigenvalue weighted by molar-refractivity contribution is -0.137. The SMILES string of the molecule is Cc1cc(-c2ccc3cc(-c4ccc(-c5ccc6sc7ncccc7c6c5)cc4)ccc3c2)cc(C(F)(F)F)c1. The van der Waals surface area contributed by atoms with Crippen LogP contribution in [0.3, 0.4) is 0 Å². The van der Waals surface area contributed by atoms with Crippen molar-refractivity contribution in [2.75, 3.05) is 0 Å².